The van der Waals surface area contributed by atoms with Crippen LogP contribution in [-0.4, -0.2) is 0 Å². The molecule has 144 valence electrons. The van der Waals surface area contributed by atoms with E-state index < -0.39 is 0 Å². The molecule has 1 fully saturated rings. The van der Waals surface area contributed by atoms with E-state index in [4.69, 9.17) is 0 Å². The molecule has 0 unspecified atom stereocenters. The van der Waals surface area contributed by atoms with Crippen molar-refractivity contribution in [2.45, 2.75) is 46.0 Å². The summed E-state index contributed by atoms with van der Waals surface area (Å²) < 4.78 is 14.7. The molecule has 3 aromatic carbocycles. The van der Waals surface area contributed by atoms with Gasteiger partial charge >= 0.3 is 0 Å². The quantitative estimate of drug-likeness (QED) is 0.437. The van der Waals surface area contributed by atoms with E-state index in [9.17, 15) is 4.39 Å². The first-order valence-corrected chi connectivity index (χ1v) is 10.5. The van der Waals surface area contributed by atoms with Crippen LogP contribution in [0.2, 0.25) is 0 Å². The lowest BCUT2D eigenvalue weighted by Crippen LogP contribution is -2.14. The zero-order chi connectivity index (χ0) is 19.5. The Labute approximate surface area is 168 Å². The van der Waals surface area contributed by atoms with Gasteiger partial charge in [0, 0.05) is 5.56 Å². The predicted molar refractivity (Wildman–Crippen MR) is 117 cm³/mol. The maximum Gasteiger partial charge on any atom is 0.131 e. The number of aryl methyl sites for hydroxylation is 1. The van der Waals surface area contributed by atoms with E-state index in [-0.39, 0.29) is 5.82 Å². The summed E-state index contributed by atoms with van der Waals surface area (Å²) in [6.45, 7) is 4.41. The Morgan fingerprint density at radius 1 is 0.750 bits per heavy atom. The molecule has 1 saturated carbocycles. The van der Waals surface area contributed by atoms with Crippen LogP contribution in [0.25, 0.3) is 22.3 Å². The van der Waals surface area contributed by atoms with Crippen molar-refractivity contribution in [2.75, 3.05) is 0 Å². The monoisotopic (exact) mass is 372 g/mol. The summed E-state index contributed by atoms with van der Waals surface area (Å²) in [5.74, 6) is 1.56. The third-order valence-electron chi connectivity index (χ3n) is 6.28. The fraction of sp³-hybridized carbons (Fsp3) is 0.333. The molecule has 4 rings (SSSR count). The second-order valence-corrected chi connectivity index (χ2v) is 8.59. The van der Waals surface area contributed by atoms with Gasteiger partial charge in [-0.15, -0.1) is 0 Å². The Kier molecular flexibility index (Phi) is 5.62. The lowest BCUT2D eigenvalue weighted by atomic mass is 9.80. The second-order valence-electron chi connectivity index (χ2n) is 8.59. The van der Waals surface area contributed by atoms with Crippen molar-refractivity contribution < 1.29 is 4.39 Å². The van der Waals surface area contributed by atoms with Crippen LogP contribution in [0, 0.1) is 24.6 Å². The highest BCUT2D eigenvalue weighted by atomic mass is 19.1. The average molecular weight is 373 g/mol. The maximum atomic E-state index is 14.7. The molecule has 0 spiro atoms. The molecule has 0 nitrogen and oxygen atoms in total. The Bertz CT molecular complexity index is 913. The largest absolute Gasteiger partial charge is 0.206 e. The summed E-state index contributed by atoms with van der Waals surface area (Å²) in [6.07, 6.45) is 6.63. The van der Waals surface area contributed by atoms with Crippen molar-refractivity contribution in [3.8, 4) is 22.3 Å². The predicted octanol–water partition coefficient (Wildman–Crippen LogP) is 7.84. The first-order chi connectivity index (χ1) is 13.6. The van der Waals surface area contributed by atoms with Gasteiger partial charge in [-0.2, -0.15) is 0 Å². The van der Waals surface area contributed by atoms with Gasteiger partial charge < -0.3 is 0 Å². The lowest BCUT2D eigenvalue weighted by Gasteiger charge is -2.26. The van der Waals surface area contributed by atoms with E-state index in [0.29, 0.717) is 5.56 Å². The molecule has 1 aliphatic rings. The van der Waals surface area contributed by atoms with E-state index in [1.807, 2.05) is 43.3 Å². The molecule has 1 aliphatic carbocycles. The van der Waals surface area contributed by atoms with Crippen LogP contribution in [0.1, 0.15) is 43.7 Å². The van der Waals surface area contributed by atoms with Crippen LogP contribution in [0.15, 0.2) is 66.7 Å². The topological polar surface area (TPSA) is 0 Å². The van der Waals surface area contributed by atoms with Crippen molar-refractivity contribution in [3.63, 3.8) is 0 Å². The Morgan fingerprint density at radius 3 is 2.00 bits per heavy atom. The minimum atomic E-state index is -0.165. The zero-order valence-corrected chi connectivity index (χ0v) is 16.9. The highest BCUT2D eigenvalue weighted by Gasteiger charge is 2.18. The minimum absolute atomic E-state index is 0.165. The summed E-state index contributed by atoms with van der Waals surface area (Å²) in [7, 11) is 0. The minimum Gasteiger partial charge on any atom is -0.206 e. The number of hydrogen-bond donors (Lipinski definition) is 0. The molecular formula is C27H29F. The second kappa shape index (κ2) is 8.31. The fourth-order valence-corrected chi connectivity index (χ4v) is 4.36. The van der Waals surface area contributed by atoms with E-state index >= 15 is 0 Å². The van der Waals surface area contributed by atoms with E-state index in [2.05, 4.69) is 31.2 Å². The molecule has 0 heterocycles. The van der Waals surface area contributed by atoms with Gasteiger partial charge in [0.05, 0.1) is 0 Å². The van der Waals surface area contributed by atoms with Gasteiger partial charge in [-0.1, -0.05) is 86.0 Å². The molecule has 0 saturated heterocycles. The highest BCUT2D eigenvalue weighted by Crippen LogP contribution is 2.32. The summed E-state index contributed by atoms with van der Waals surface area (Å²) in [4.78, 5) is 0. The van der Waals surface area contributed by atoms with Gasteiger partial charge in [0.1, 0.15) is 5.82 Å². The standard InChI is InChI=1S/C27H29F/c1-19-3-7-21(8-4-19)17-22-9-13-23(14-10-22)25-15-16-26(27(28)18-25)24-11-5-20(2)6-12-24/h5-6,9-16,18-19,21H,3-4,7-8,17H2,1-2H3. The molecule has 0 amide bonds. The van der Waals surface area contributed by atoms with Gasteiger partial charge in [0.15, 0.2) is 0 Å². The van der Waals surface area contributed by atoms with Gasteiger partial charge in [-0.05, 0) is 66.3 Å². The van der Waals surface area contributed by atoms with Crippen LogP contribution in [0.5, 0.6) is 0 Å². The zero-order valence-electron chi connectivity index (χ0n) is 16.9. The van der Waals surface area contributed by atoms with Crippen LogP contribution in [0.3, 0.4) is 0 Å². The fourth-order valence-electron chi connectivity index (χ4n) is 4.36. The van der Waals surface area contributed by atoms with Gasteiger partial charge in [0.25, 0.3) is 0 Å². The van der Waals surface area contributed by atoms with Crippen molar-refractivity contribution in [1.29, 1.82) is 0 Å². The molecular weight excluding hydrogens is 343 g/mol. The van der Waals surface area contributed by atoms with Gasteiger partial charge in [-0.3, -0.25) is 0 Å². The molecule has 0 aliphatic heterocycles. The van der Waals surface area contributed by atoms with Crippen molar-refractivity contribution >= 4 is 0 Å². The van der Waals surface area contributed by atoms with Crippen LogP contribution >= 0.6 is 0 Å². The average Bonchev–Trinajstić information content (AvgIpc) is 2.71. The van der Waals surface area contributed by atoms with E-state index in [1.54, 1.807) is 6.07 Å². The number of rotatable bonds is 4. The van der Waals surface area contributed by atoms with Crippen LogP contribution in [0.4, 0.5) is 4.39 Å². The summed E-state index contributed by atoms with van der Waals surface area (Å²) in [5.41, 5.74) is 6.18. The summed E-state index contributed by atoms with van der Waals surface area (Å²) in [6, 6.07) is 22.3. The van der Waals surface area contributed by atoms with Crippen LogP contribution < -0.4 is 0 Å². The molecule has 0 atom stereocenters. The van der Waals surface area contributed by atoms with Gasteiger partial charge in [-0.25, -0.2) is 4.39 Å². The smallest absolute Gasteiger partial charge is 0.131 e. The maximum absolute atomic E-state index is 14.7. The third-order valence-corrected chi connectivity index (χ3v) is 6.28. The molecule has 0 N–H and O–H groups in total. The molecule has 3 aromatic rings. The first kappa shape index (κ1) is 18.9. The first-order valence-electron chi connectivity index (χ1n) is 10.5. The normalized spacial score (nSPS) is 19.5. The number of hydrogen-bond acceptors (Lipinski definition) is 0. The number of halogens is 1. The molecule has 1 heteroatoms. The molecule has 28 heavy (non-hydrogen) atoms. The summed E-state index contributed by atoms with van der Waals surface area (Å²) >= 11 is 0. The Morgan fingerprint density at radius 2 is 1.36 bits per heavy atom. The SMILES string of the molecule is Cc1ccc(-c2ccc(-c3ccc(CC4CCC(C)CC4)cc3)cc2F)cc1. The number of benzene rings is 3. The summed E-state index contributed by atoms with van der Waals surface area (Å²) in [5, 5.41) is 0. The Balaban J connectivity index is 1.48. The van der Waals surface area contributed by atoms with Crippen LogP contribution in [-0.2, 0) is 6.42 Å². The van der Waals surface area contributed by atoms with E-state index in [1.165, 1.54) is 43.2 Å². The molecule has 0 radical (unpaired) electrons. The van der Waals surface area contributed by atoms with Crippen molar-refractivity contribution in [3.05, 3.63) is 83.7 Å². The Hall–Kier alpha value is -2.41. The van der Waals surface area contributed by atoms with Crippen molar-refractivity contribution in [2.24, 2.45) is 11.8 Å². The van der Waals surface area contributed by atoms with E-state index in [0.717, 1.165) is 28.5 Å². The highest BCUT2D eigenvalue weighted by molar-refractivity contribution is 5.71. The molecule has 0 aromatic heterocycles. The van der Waals surface area contributed by atoms with Crippen molar-refractivity contribution in [1.82, 2.24) is 0 Å². The molecule has 0 bridgehead atoms. The van der Waals surface area contributed by atoms with Gasteiger partial charge in [0.2, 0.25) is 0 Å². The third kappa shape index (κ3) is 4.35. The lowest BCUT2D eigenvalue weighted by molar-refractivity contribution is 0.289.